The summed E-state index contributed by atoms with van der Waals surface area (Å²) in [6, 6.07) is 6.34. The van der Waals surface area contributed by atoms with Crippen LogP contribution in [-0.4, -0.2) is 39.5 Å². The van der Waals surface area contributed by atoms with Crippen LogP contribution in [0.5, 0.6) is 0 Å². The van der Waals surface area contributed by atoms with Gasteiger partial charge in [-0.05, 0) is 18.6 Å². The SMILES string of the molecule is CCCNC(=O)C(=O)NCCc1csc2nc(-c3ccccc3F)nn12. The highest BCUT2D eigenvalue weighted by Crippen LogP contribution is 2.23. The number of nitrogens with one attached hydrogen (secondary N) is 2. The normalized spacial score (nSPS) is 10.8. The predicted octanol–water partition coefficient (Wildman–Crippen LogP) is 1.78. The molecule has 2 N–H and O–H groups in total. The van der Waals surface area contributed by atoms with Gasteiger partial charge in [-0.25, -0.2) is 8.91 Å². The minimum atomic E-state index is -0.657. The summed E-state index contributed by atoms with van der Waals surface area (Å²) in [5.74, 6) is -1.35. The molecule has 1 aromatic carbocycles. The van der Waals surface area contributed by atoms with Gasteiger partial charge in [-0.15, -0.1) is 16.4 Å². The molecule has 0 aliphatic rings. The summed E-state index contributed by atoms with van der Waals surface area (Å²) in [4.78, 5) is 28.2. The summed E-state index contributed by atoms with van der Waals surface area (Å²) in [5.41, 5.74) is 1.17. The lowest BCUT2D eigenvalue weighted by Crippen LogP contribution is -2.40. The average molecular weight is 375 g/mol. The van der Waals surface area contributed by atoms with Crippen molar-refractivity contribution in [2.75, 3.05) is 13.1 Å². The Morgan fingerprint density at radius 3 is 2.65 bits per heavy atom. The highest BCUT2D eigenvalue weighted by atomic mass is 32.1. The number of carbonyl (C=O) groups is 2. The smallest absolute Gasteiger partial charge is 0.309 e. The first-order chi connectivity index (χ1) is 12.6. The van der Waals surface area contributed by atoms with Crippen LogP contribution >= 0.6 is 11.3 Å². The van der Waals surface area contributed by atoms with Crippen molar-refractivity contribution >= 4 is 28.1 Å². The van der Waals surface area contributed by atoms with Gasteiger partial charge in [0, 0.05) is 24.9 Å². The molecule has 0 fully saturated rings. The first-order valence-electron chi connectivity index (χ1n) is 8.24. The maximum atomic E-state index is 13.9. The Morgan fingerprint density at radius 1 is 1.19 bits per heavy atom. The van der Waals surface area contributed by atoms with E-state index in [1.165, 1.54) is 17.4 Å². The van der Waals surface area contributed by atoms with Crippen LogP contribution < -0.4 is 10.6 Å². The third kappa shape index (κ3) is 3.88. The summed E-state index contributed by atoms with van der Waals surface area (Å²) in [5, 5.41) is 11.3. The fraction of sp³-hybridized carbons (Fsp3) is 0.294. The summed E-state index contributed by atoms with van der Waals surface area (Å²) >= 11 is 1.39. The highest BCUT2D eigenvalue weighted by molar-refractivity contribution is 7.15. The Balaban J connectivity index is 1.65. The lowest BCUT2D eigenvalue weighted by atomic mass is 10.2. The molecule has 2 heterocycles. The Bertz CT molecular complexity index is 936. The molecule has 26 heavy (non-hydrogen) atoms. The number of hydrogen-bond acceptors (Lipinski definition) is 5. The lowest BCUT2D eigenvalue weighted by molar-refractivity contribution is -0.139. The lowest BCUT2D eigenvalue weighted by Gasteiger charge is -2.05. The monoisotopic (exact) mass is 375 g/mol. The number of carbonyl (C=O) groups excluding carboxylic acids is 2. The molecule has 0 atom stereocenters. The fourth-order valence-corrected chi connectivity index (χ4v) is 3.21. The molecule has 2 amide bonds. The van der Waals surface area contributed by atoms with Crippen molar-refractivity contribution in [2.45, 2.75) is 19.8 Å². The molecule has 136 valence electrons. The van der Waals surface area contributed by atoms with E-state index in [1.54, 1.807) is 22.7 Å². The molecule has 0 unspecified atom stereocenters. The van der Waals surface area contributed by atoms with Crippen molar-refractivity contribution in [2.24, 2.45) is 0 Å². The number of nitrogens with zero attached hydrogens (tertiary/aromatic N) is 3. The number of halogens is 1. The summed E-state index contributed by atoms with van der Waals surface area (Å²) in [7, 11) is 0. The Hall–Kier alpha value is -2.81. The fourth-order valence-electron chi connectivity index (χ4n) is 2.36. The van der Waals surface area contributed by atoms with Crippen LogP contribution in [0.2, 0.25) is 0 Å². The molecule has 0 radical (unpaired) electrons. The Morgan fingerprint density at radius 2 is 1.92 bits per heavy atom. The maximum Gasteiger partial charge on any atom is 0.309 e. The van der Waals surface area contributed by atoms with Gasteiger partial charge in [0.15, 0.2) is 5.82 Å². The molecule has 9 heteroatoms. The van der Waals surface area contributed by atoms with E-state index < -0.39 is 11.8 Å². The molecule has 3 aromatic rings. The first kappa shape index (κ1) is 18.0. The minimum absolute atomic E-state index is 0.291. The second kappa shape index (κ2) is 8.05. The highest BCUT2D eigenvalue weighted by Gasteiger charge is 2.15. The van der Waals surface area contributed by atoms with Gasteiger partial charge in [-0.3, -0.25) is 9.59 Å². The largest absolute Gasteiger partial charge is 0.348 e. The molecule has 0 saturated heterocycles. The Labute approximate surface area is 153 Å². The van der Waals surface area contributed by atoms with Gasteiger partial charge in [0.1, 0.15) is 5.82 Å². The van der Waals surface area contributed by atoms with Gasteiger partial charge >= 0.3 is 11.8 Å². The number of hydrogen-bond donors (Lipinski definition) is 2. The topological polar surface area (TPSA) is 88.4 Å². The number of benzene rings is 1. The van der Waals surface area contributed by atoms with E-state index in [9.17, 15) is 14.0 Å². The van der Waals surface area contributed by atoms with Crippen molar-refractivity contribution in [3.8, 4) is 11.4 Å². The van der Waals surface area contributed by atoms with E-state index in [2.05, 4.69) is 20.7 Å². The predicted molar refractivity (Wildman–Crippen MR) is 96.3 cm³/mol. The van der Waals surface area contributed by atoms with Crippen molar-refractivity contribution in [1.29, 1.82) is 0 Å². The van der Waals surface area contributed by atoms with Crippen LogP contribution in [0.3, 0.4) is 0 Å². The van der Waals surface area contributed by atoms with Crippen molar-refractivity contribution in [3.05, 3.63) is 41.2 Å². The number of amides is 2. The van der Waals surface area contributed by atoms with Crippen LogP contribution in [0.15, 0.2) is 29.6 Å². The molecule has 7 nitrogen and oxygen atoms in total. The standard InChI is InChI=1S/C17H18FN5O2S/c1-2-8-19-15(24)16(25)20-9-7-11-10-26-17-21-14(22-23(11)17)12-5-3-4-6-13(12)18/h3-6,10H,2,7-9H2,1H3,(H,19,24)(H,20,25). The van der Waals surface area contributed by atoms with Gasteiger partial charge in [0.25, 0.3) is 0 Å². The summed E-state index contributed by atoms with van der Waals surface area (Å²) in [6.45, 7) is 2.67. The number of fused-ring (bicyclic) bond motifs is 1. The molecule has 0 saturated carbocycles. The second-order valence-corrected chi connectivity index (χ2v) is 6.44. The van der Waals surface area contributed by atoms with Gasteiger partial charge < -0.3 is 10.6 Å². The summed E-state index contributed by atoms with van der Waals surface area (Å²) in [6.07, 6.45) is 1.25. The van der Waals surface area contributed by atoms with E-state index in [0.29, 0.717) is 35.9 Å². The quantitative estimate of drug-likeness (QED) is 0.643. The third-order valence-corrected chi connectivity index (χ3v) is 4.54. The van der Waals surface area contributed by atoms with Gasteiger partial charge in [0.2, 0.25) is 4.96 Å². The van der Waals surface area contributed by atoms with Crippen LogP contribution in [0, 0.1) is 5.82 Å². The summed E-state index contributed by atoms with van der Waals surface area (Å²) < 4.78 is 15.5. The van der Waals surface area contributed by atoms with E-state index in [0.717, 1.165) is 12.1 Å². The molecular formula is C17H18FN5O2S. The minimum Gasteiger partial charge on any atom is -0.348 e. The molecule has 0 bridgehead atoms. The maximum absolute atomic E-state index is 13.9. The van der Waals surface area contributed by atoms with E-state index in [1.807, 2.05) is 12.3 Å². The zero-order chi connectivity index (χ0) is 18.5. The van der Waals surface area contributed by atoms with Crippen molar-refractivity contribution < 1.29 is 14.0 Å². The Kier molecular flexibility index (Phi) is 5.57. The zero-order valence-electron chi connectivity index (χ0n) is 14.2. The number of rotatable bonds is 6. The third-order valence-electron chi connectivity index (χ3n) is 3.67. The first-order valence-corrected chi connectivity index (χ1v) is 9.12. The van der Waals surface area contributed by atoms with E-state index in [-0.39, 0.29) is 5.82 Å². The van der Waals surface area contributed by atoms with Gasteiger partial charge in [-0.1, -0.05) is 19.1 Å². The molecule has 0 aliphatic heterocycles. The van der Waals surface area contributed by atoms with Crippen molar-refractivity contribution in [1.82, 2.24) is 25.2 Å². The number of aromatic nitrogens is 3. The van der Waals surface area contributed by atoms with Crippen LogP contribution in [0.4, 0.5) is 4.39 Å². The van der Waals surface area contributed by atoms with E-state index >= 15 is 0 Å². The molecule has 2 aromatic heterocycles. The average Bonchev–Trinajstić information content (AvgIpc) is 3.21. The second-order valence-electron chi connectivity index (χ2n) is 5.60. The van der Waals surface area contributed by atoms with Crippen LogP contribution in [-0.2, 0) is 16.0 Å². The van der Waals surface area contributed by atoms with Crippen molar-refractivity contribution in [3.63, 3.8) is 0 Å². The molecule has 0 aliphatic carbocycles. The van der Waals surface area contributed by atoms with Crippen LogP contribution in [0.1, 0.15) is 19.0 Å². The molecule has 0 spiro atoms. The van der Waals surface area contributed by atoms with E-state index in [4.69, 9.17) is 0 Å². The number of thiazole rings is 1. The zero-order valence-corrected chi connectivity index (χ0v) is 15.0. The molecular weight excluding hydrogens is 357 g/mol. The van der Waals surface area contributed by atoms with Gasteiger partial charge in [0.05, 0.1) is 11.3 Å². The molecule has 3 rings (SSSR count). The van der Waals surface area contributed by atoms with Gasteiger partial charge in [-0.2, -0.15) is 4.98 Å². The van der Waals surface area contributed by atoms with Crippen LogP contribution in [0.25, 0.3) is 16.3 Å².